The highest BCUT2D eigenvalue weighted by molar-refractivity contribution is 6.05. The number of nitrogens with one attached hydrogen (secondary N) is 2. The summed E-state index contributed by atoms with van der Waals surface area (Å²) >= 11 is 0. The predicted octanol–water partition coefficient (Wildman–Crippen LogP) is 7.68. The van der Waals surface area contributed by atoms with E-state index in [2.05, 4.69) is 10.6 Å². The number of aryl methyl sites for hydroxylation is 2. The Hall–Kier alpha value is -5.00. The van der Waals surface area contributed by atoms with E-state index < -0.39 is 46.4 Å². The molecule has 0 spiro atoms. The first-order valence-corrected chi connectivity index (χ1v) is 12.3. The van der Waals surface area contributed by atoms with Crippen LogP contribution in [0.5, 0.6) is 0 Å². The lowest BCUT2D eigenvalue weighted by molar-refractivity contribution is -0.139. The zero-order valence-electron chi connectivity index (χ0n) is 22.2. The molecule has 42 heavy (non-hydrogen) atoms. The fraction of sp³-hybridized carbons (Fsp3) is 0.133. The Morgan fingerprint density at radius 3 is 1.24 bits per heavy atom. The largest absolute Gasteiger partial charge is 0.417 e. The van der Waals surface area contributed by atoms with E-state index >= 15 is 0 Å². The van der Waals surface area contributed by atoms with Gasteiger partial charge in [-0.25, -0.2) is 0 Å². The minimum atomic E-state index is -5.07. The average Bonchev–Trinajstić information content (AvgIpc) is 2.90. The lowest BCUT2D eigenvalue weighted by atomic mass is 9.93. The van der Waals surface area contributed by atoms with Crippen molar-refractivity contribution in [1.82, 2.24) is 0 Å². The van der Waals surface area contributed by atoms with Crippen LogP contribution in [0.1, 0.15) is 43.0 Å². The fourth-order valence-corrected chi connectivity index (χ4v) is 4.22. The molecule has 6 nitrogen and oxygen atoms in total. The van der Waals surface area contributed by atoms with Crippen LogP contribution in [-0.4, -0.2) is 11.8 Å². The number of nitrogen functional groups attached to an aromatic ring is 2. The Bertz CT molecular complexity index is 1570. The van der Waals surface area contributed by atoms with E-state index in [0.717, 1.165) is 24.3 Å². The Morgan fingerprint density at radius 1 is 0.571 bits per heavy atom. The minimum absolute atomic E-state index is 0.130. The van der Waals surface area contributed by atoms with Gasteiger partial charge in [-0.05, 0) is 96.8 Å². The van der Waals surface area contributed by atoms with Gasteiger partial charge in [-0.1, -0.05) is 12.1 Å². The quantitative estimate of drug-likeness (QED) is 0.142. The van der Waals surface area contributed by atoms with Gasteiger partial charge >= 0.3 is 12.4 Å². The van der Waals surface area contributed by atoms with Crippen LogP contribution in [0.2, 0.25) is 0 Å². The molecule has 0 bridgehead atoms. The molecule has 0 aliphatic rings. The maximum Gasteiger partial charge on any atom is 0.417 e. The molecule has 0 atom stereocenters. The first kappa shape index (κ1) is 30.0. The van der Waals surface area contributed by atoms with E-state index in [1.54, 1.807) is 13.8 Å². The highest BCUT2D eigenvalue weighted by Crippen LogP contribution is 2.44. The Kier molecular flexibility index (Phi) is 7.93. The van der Waals surface area contributed by atoms with Crippen LogP contribution in [0.3, 0.4) is 0 Å². The number of rotatable bonds is 5. The average molecular weight is 587 g/mol. The van der Waals surface area contributed by atoms with Gasteiger partial charge in [-0.2, -0.15) is 26.3 Å². The molecular weight excluding hydrogens is 562 g/mol. The van der Waals surface area contributed by atoms with Crippen molar-refractivity contribution in [3.05, 3.63) is 106 Å². The van der Waals surface area contributed by atoms with E-state index in [4.69, 9.17) is 11.5 Å². The van der Waals surface area contributed by atoms with Crippen molar-refractivity contribution in [3.63, 3.8) is 0 Å². The van der Waals surface area contributed by atoms with Gasteiger partial charge in [0.1, 0.15) is 0 Å². The van der Waals surface area contributed by atoms with Crippen molar-refractivity contribution < 1.29 is 35.9 Å². The first-order chi connectivity index (χ1) is 19.5. The third-order valence-electron chi connectivity index (χ3n) is 6.52. The summed E-state index contributed by atoms with van der Waals surface area (Å²) in [5, 5.41) is 4.67. The van der Waals surface area contributed by atoms with E-state index in [-0.39, 0.29) is 22.5 Å². The highest BCUT2D eigenvalue weighted by Gasteiger charge is 2.39. The van der Waals surface area contributed by atoms with E-state index in [0.29, 0.717) is 34.6 Å². The highest BCUT2D eigenvalue weighted by atomic mass is 19.4. The molecule has 0 heterocycles. The topological polar surface area (TPSA) is 110 Å². The van der Waals surface area contributed by atoms with Gasteiger partial charge in [0.25, 0.3) is 11.8 Å². The summed E-state index contributed by atoms with van der Waals surface area (Å²) in [5.41, 5.74) is 8.86. The molecule has 12 heteroatoms. The molecular formula is C30H24F6N4O2. The normalized spacial score (nSPS) is 11.7. The molecule has 0 aromatic heterocycles. The smallest absolute Gasteiger partial charge is 0.399 e. The van der Waals surface area contributed by atoms with Crippen LogP contribution in [0.15, 0.2) is 72.8 Å². The molecule has 0 fully saturated rings. The number of anilines is 4. The first-order valence-electron chi connectivity index (χ1n) is 12.3. The van der Waals surface area contributed by atoms with Crippen molar-refractivity contribution in [2.45, 2.75) is 26.2 Å². The summed E-state index contributed by atoms with van der Waals surface area (Å²) in [6.07, 6.45) is -10.1. The summed E-state index contributed by atoms with van der Waals surface area (Å²) in [5.74, 6) is -1.46. The summed E-state index contributed by atoms with van der Waals surface area (Å²) in [4.78, 5) is 25.2. The zero-order valence-corrected chi connectivity index (χ0v) is 22.2. The molecule has 2 amide bonds. The Labute approximate surface area is 236 Å². The van der Waals surface area contributed by atoms with E-state index in [1.807, 2.05) is 0 Å². The maximum absolute atomic E-state index is 14.1. The van der Waals surface area contributed by atoms with Crippen LogP contribution in [0, 0.1) is 13.8 Å². The molecule has 0 aliphatic heterocycles. The molecule has 0 saturated heterocycles. The van der Waals surface area contributed by atoms with Gasteiger partial charge < -0.3 is 22.1 Å². The molecule has 0 saturated carbocycles. The number of carbonyl (C=O) groups is 2. The minimum Gasteiger partial charge on any atom is -0.399 e. The fourth-order valence-electron chi connectivity index (χ4n) is 4.22. The summed E-state index contributed by atoms with van der Waals surface area (Å²) in [6, 6.07) is 13.6. The number of nitrogens with two attached hydrogens (primary N) is 2. The second-order valence-corrected chi connectivity index (χ2v) is 9.57. The Balaban J connectivity index is 1.71. The summed E-state index contributed by atoms with van der Waals surface area (Å²) in [6.45, 7) is 3.30. The van der Waals surface area contributed by atoms with Gasteiger partial charge in [-0.3, -0.25) is 9.59 Å². The number of alkyl halides is 6. The number of benzene rings is 4. The van der Waals surface area contributed by atoms with Gasteiger partial charge in [0.15, 0.2) is 0 Å². The third kappa shape index (κ3) is 6.48. The number of halogens is 6. The number of hydrogen-bond donors (Lipinski definition) is 4. The monoisotopic (exact) mass is 586 g/mol. The standard InChI is InChI=1S/C30H24F6N4O2/c1-15-11-17(3-9-25(15)37)27(41)39-19-5-7-21(23(13-19)29(31,32)33)22-8-6-20(14-24(22)30(34,35)36)40-28(42)18-4-10-26(38)16(2)12-18/h3-14H,37-38H2,1-2H3,(H,39,41)(H,40,42). The molecule has 6 N–H and O–H groups in total. The summed E-state index contributed by atoms with van der Waals surface area (Å²) < 4.78 is 84.8. The maximum atomic E-state index is 14.1. The van der Waals surface area contributed by atoms with Gasteiger partial charge in [0.2, 0.25) is 0 Å². The second-order valence-electron chi connectivity index (χ2n) is 9.57. The lowest BCUT2D eigenvalue weighted by Gasteiger charge is -2.20. The van der Waals surface area contributed by atoms with Gasteiger partial charge in [0.05, 0.1) is 11.1 Å². The molecule has 0 radical (unpaired) electrons. The van der Waals surface area contributed by atoms with Gasteiger partial charge in [-0.15, -0.1) is 0 Å². The molecule has 4 rings (SSSR count). The van der Waals surface area contributed by atoms with Crippen molar-refractivity contribution in [1.29, 1.82) is 0 Å². The SMILES string of the molecule is Cc1cc(C(=O)Nc2ccc(-c3ccc(NC(=O)c4ccc(N)c(C)c4)cc3C(F)(F)F)c(C(F)(F)F)c2)ccc1N. The van der Waals surface area contributed by atoms with E-state index in [9.17, 15) is 35.9 Å². The van der Waals surface area contributed by atoms with Crippen molar-refractivity contribution in [2.75, 3.05) is 22.1 Å². The lowest BCUT2D eigenvalue weighted by Crippen LogP contribution is -2.16. The summed E-state index contributed by atoms with van der Waals surface area (Å²) in [7, 11) is 0. The molecule has 4 aromatic carbocycles. The van der Waals surface area contributed by atoms with Crippen LogP contribution in [0.4, 0.5) is 49.1 Å². The van der Waals surface area contributed by atoms with Crippen molar-refractivity contribution >= 4 is 34.6 Å². The molecule has 218 valence electrons. The van der Waals surface area contributed by atoms with Gasteiger partial charge in [0, 0.05) is 33.9 Å². The molecule has 4 aromatic rings. The second kappa shape index (κ2) is 11.1. The predicted molar refractivity (Wildman–Crippen MR) is 149 cm³/mol. The zero-order chi connectivity index (χ0) is 31.0. The third-order valence-corrected chi connectivity index (χ3v) is 6.52. The number of hydrogen-bond acceptors (Lipinski definition) is 4. The number of carbonyl (C=O) groups excluding carboxylic acids is 2. The van der Waals surface area contributed by atoms with Crippen molar-refractivity contribution in [3.8, 4) is 11.1 Å². The van der Waals surface area contributed by atoms with E-state index in [1.165, 1.54) is 36.4 Å². The molecule has 0 aliphatic carbocycles. The number of amides is 2. The van der Waals surface area contributed by atoms with Crippen molar-refractivity contribution in [2.24, 2.45) is 0 Å². The van der Waals surface area contributed by atoms with Crippen LogP contribution in [0.25, 0.3) is 11.1 Å². The van der Waals surface area contributed by atoms with Crippen LogP contribution < -0.4 is 22.1 Å². The Morgan fingerprint density at radius 2 is 0.929 bits per heavy atom. The van der Waals surface area contributed by atoms with Crippen LogP contribution in [-0.2, 0) is 12.4 Å². The van der Waals surface area contributed by atoms with Crippen LogP contribution >= 0.6 is 0 Å². The molecule has 0 unspecified atom stereocenters.